The van der Waals surface area contributed by atoms with Crippen LogP contribution in [0.5, 0.6) is 0 Å². The molecule has 0 heterocycles. The van der Waals surface area contributed by atoms with Gasteiger partial charge in [0.25, 0.3) is 0 Å². The summed E-state index contributed by atoms with van der Waals surface area (Å²) in [6.45, 7) is 14.6. The maximum absolute atomic E-state index is 15.1. The lowest BCUT2D eigenvalue weighted by molar-refractivity contribution is 0.0913. The summed E-state index contributed by atoms with van der Waals surface area (Å²) in [5.41, 5.74) is 0.863. The van der Waals surface area contributed by atoms with E-state index in [1.807, 2.05) is 0 Å². The van der Waals surface area contributed by atoms with Gasteiger partial charge in [0.05, 0.1) is 4.87 Å². The van der Waals surface area contributed by atoms with E-state index in [0.29, 0.717) is 37.7 Å². The van der Waals surface area contributed by atoms with Gasteiger partial charge >= 0.3 is 0 Å². The molecule has 3 N–H and O–H groups in total. The van der Waals surface area contributed by atoms with Crippen LogP contribution < -0.4 is 6.15 Å². The average molecular weight is 943 g/mol. The van der Waals surface area contributed by atoms with Crippen LogP contribution in [0.4, 0.5) is 0 Å². The number of halogens is 1. The zero-order valence-electron chi connectivity index (χ0n) is 44.4. The number of hydrogen-bond donors (Lipinski definition) is 1. The van der Waals surface area contributed by atoms with Crippen LogP contribution in [0, 0.1) is 0 Å². The Kier molecular flexibility index (Phi) is 39.3. The fraction of sp³-hybridized carbons (Fsp3) is 0.814. The Morgan fingerprint density at radius 2 is 0.439 bits per heavy atom. The molecule has 66 heavy (non-hydrogen) atoms. The maximum atomic E-state index is 15.1. The summed E-state index contributed by atoms with van der Waals surface area (Å²) in [4.78, 5) is 74.1. The SMILES string of the molecule is CCCCCCCCCC(=O)c1c(C(=O)CCCCCCCCC)c(C(=O)CCCCCCCCC)c(C(C)(C)Cl)c(C(=O)CCCCCCCCC)c1C(=O)CCCCCCCCC.N. The van der Waals surface area contributed by atoms with Gasteiger partial charge in [-0.3, -0.25) is 24.0 Å². The first-order valence-electron chi connectivity index (χ1n) is 28.0. The number of benzene rings is 1. The number of hydrogen-bond acceptors (Lipinski definition) is 6. The van der Waals surface area contributed by atoms with Gasteiger partial charge in [0.15, 0.2) is 28.9 Å². The minimum atomic E-state index is -1.26. The van der Waals surface area contributed by atoms with Crippen molar-refractivity contribution in [1.82, 2.24) is 6.15 Å². The molecule has 0 aromatic heterocycles. The molecule has 0 amide bonds. The predicted octanol–water partition coefficient (Wildman–Crippen LogP) is 19.9. The lowest BCUT2D eigenvalue weighted by Crippen LogP contribution is -2.30. The van der Waals surface area contributed by atoms with Crippen molar-refractivity contribution in [2.75, 3.05) is 0 Å². The summed E-state index contributed by atoms with van der Waals surface area (Å²) >= 11 is 7.42. The summed E-state index contributed by atoms with van der Waals surface area (Å²) in [5.74, 6) is -1.26. The van der Waals surface area contributed by atoms with Crippen molar-refractivity contribution < 1.29 is 24.0 Å². The Labute approximate surface area is 412 Å². The molecular weight excluding hydrogens is 838 g/mol. The molecule has 1 aromatic rings. The fourth-order valence-electron chi connectivity index (χ4n) is 9.58. The number of alkyl halides is 1. The molecular formula is C59H104ClNO5. The Morgan fingerprint density at radius 3 is 0.621 bits per heavy atom. The number of unbranched alkanes of at least 4 members (excludes halogenated alkanes) is 30. The third-order valence-electron chi connectivity index (χ3n) is 13.5. The smallest absolute Gasteiger partial charge is 0.164 e. The van der Waals surface area contributed by atoms with E-state index in [-0.39, 0.29) is 95.0 Å². The third-order valence-corrected chi connectivity index (χ3v) is 13.7. The molecule has 0 saturated heterocycles. The standard InChI is InChI=1S/C59H101ClO5.H3N/c1-8-13-18-23-28-33-38-43-48(61)53-54(49(62)44-39-34-29-24-19-14-9-2)56(51(64)46-41-36-31-26-21-16-11-4)58(59(6,7)60)57(52(65)47-42-37-32-27-22-17-12-5)55(53)50(63)45-40-35-30-25-20-15-10-3;/h8-47H2,1-7H3;1H3. The van der Waals surface area contributed by atoms with Crippen molar-refractivity contribution in [2.45, 2.75) is 310 Å². The van der Waals surface area contributed by atoms with Crippen LogP contribution in [0.15, 0.2) is 0 Å². The molecule has 0 aliphatic rings. The van der Waals surface area contributed by atoms with Gasteiger partial charge in [0.2, 0.25) is 0 Å². The molecule has 0 fully saturated rings. The highest BCUT2D eigenvalue weighted by Crippen LogP contribution is 2.42. The van der Waals surface area contributed by atoms with E-state index in [1.54, 1.807) is 13.8 Å². The second-order valence-corrected chi connectivity index (χ2v) is 21.1. The van der Waals surface area contributed by atoms with E-state index in [2.05, 4.69) is 34.6 Å². The highest BCUT2D eigenvalue weighted by molar-refractivity contribution is 6.29. The van der Waals surface area contributed by atoms with Crippen molar-refractivity contribution >= 4 is 40.5 Å². The van der Waals surface area contributed by atoms with Gasteiger partial charge in [-0.1, -0.05) is 227 Å². The van der Waals surface area contributed by atoms with Crippen LogP contribution in [0.1, 0.15) is 363 Å². The monoisotopic (exact) mass is 942 g/mol. The van der Waals surface area contributed by atoms with Crippen molar-refractivity contribution in [3.8, 4) is 0 Å². The van der Waals surface area contributed by atoms with E-state index >= 15 is 24.0 Å². The first kappa shape index (κ1) is 63.8. The van der Waals surface area contributed by atoms with Gasteiger partial charge in [-0.05, 0) is 51.5 Å². The maximum Gasteiger partial charge on any atom is 0.164 e. The number of Topliss-reactive ketones (excluding diaryl/α,β-unsaturated/α-hetero) is 5. The molecule has 0 radical (unpaired) electrons. The van der Waals surface area contributed by atoms with Gasteiger partial charge in [-0.15, -0.1) is 11.6 Å². The van der Waals surface area contributed by atoms with E-state index in [4.69, 9.17) is 11.6 Å². The zero-order valence-corrected chi connectivity index (χ0v) is 45.2. The number of ketones is 5. The summed E-state index contributed by atoms with van der Waals surface area (Å²) in [6.07, 6.45) is 37.0. The van der Waals surface area contributed by atoms with Gasteiger partial charge < -0.3 is 6.15 Å². The van der Waals surface area contributed by atoms with E-state index in [0.717, 1.165) is 96.3 Å². The van der Waals surface area contributed by atoms with Gasteiger partial charge in [-0.2, -0.15) is 0 Å². The highest BCUT2D eigenvalue weighted by Gasteiger charge is 2.40. The summed E-state index contributed by atoms with van der Waals surface area (Å²) < 4.78 is 0. The van der Waals surface area contributed by atoms with E-state index in [1.165, 1.54) is 96.3 Å². The fourth-order valence-corrected chi connectivity index (χ4v) is 9.77. The van der Waals surface area contributed by atoms with Crippen LogP contribution >= 0.6 is 11.6 Å². The molecule has 382 valence electrons. The highest BCUT2D eigenvalue weighted by atomic mass is 35.5. The molecule has 7 heteroatoms. The van der Waals surface area contributed by atoms with E-state index in [9.17, 15) is 0 Å². The Morgan fingerprint density at radius 1 is 0.288 bits per heavy atom. The molecule has 0 saturated carbocycles. The average Bonchev–Trinajstić information content (AvgIpc) is 3.28. The van der Waals surface area contributed by atoms with Crippen LogP contribution in [0.25, 0.3) is 0 Å². The lowest BCUT2D eigenvalue weighted by Gasteiger charge is -2.30. The van der Waals surface area contributed by atoms with Gasteiger partial charge in [0.1, 0.15) is 0 Å². The number of carbonyl (C=O) groups excluding carboxylic acids is 5. The lowest BCUT2D eigenvalue weighted by atomic mass is 9.74. The molecule has 1 aromatic carbocycles. The van der Waals surface area contributed by atoms with Crippen molar-refractivity contribution in [2.24, 2.45) is 0 Å². The summed E-state index contributed by atoms with van der Waals surface area (Å²) in [6, 6.07) is 0. The van der Waals surface area contributed by atoms with Crippen molar-refractivity contribution in [3.05, 3.63) is 33.4 Å². The topological polar surface area (TPSA) is 120 Å². The molecule has 6 nitrogen and oxygen atoms in total. The third kappa shape index (κ3) is 26.5. The molecule has 0 atom stereocenters. The minimum Gasteiger partial charge on any atom is -0.344 e. The molecule has 0 aliphatic heterocycles. The van der Waals surface area contributed by atoms with Crippen LogP contribution in [0.3, 0.4) is 0 Å². The number of carbonyl (C=O) groups is 5. The van der Waals surface area contributed by atoms with Crippen molar-refractivity contribution in [3.63, 3.8) is 0 Å². The molecule has 0 aliphatic carbocycles. The van der Waals surface area contributed by atoms with Crippen LogP contribution in [-0.2, 0) is 4.87 Å². The molecule has 0 bridgehead atoms. The van der Waals surface area contributed by atoms with Crippen molar-refractivity contribution in [1.29, 1.82) is 0 Å². The Balaban J connectivity index is 0.0000422. The molecule has 1 rings (SSSR count). The van der Waals surface area contributed by atoms with Gasteiger partial charge in [0, 0.05) is 59.9 Å². The van der Waals surface area contributed by atoms with Crippen LogP contribution in [0.2, 0.25) is 0 Å². The summed E-state index contributed by atoms with van der Waals surface area (Å²) in [7, 11) is 0. The Bertz CT molecular complexity index is 1390. The molecule has 0 spiro atoms. The Hall–Kier alpha value is -2.18. The second kappa shape index (κ2) is 40.7. The second-order valence-electron chi connectivity index (χ2n) is 20.2. The minimum absolute atomic E-state index is 0. The van der Waals surface area contributed by atoms with Crippen LogP contribution in [-0.4, -0.2) is 28.9 Å². The summed E-state index contributed by atoms with van der Waals surface area (Å²) in [5, 5.41) is 0. The van der Waals surface area contributed by atoms with Gasteiger partial charge in [-0.25, -0.2) is 0 Å². The zero-order chi connectivity index (χ0) is 48.1. The first-order chi connectivity index (χ1) is 31.4. The predicted molar refractivity (Wildman–Crippen MR) is 285 cm³/mol. The normalized spacial score (nSPS) is 11.5. The first-order valence-corrected chi connectivity index (χ1v) is 28.4. The quantitative estimate of drug-likeness (QED) is 0.0395. The molecule has 0 unspecified atom stereocenters. The largest absolute Gasteiger partial charge is 0.344 e. The number of rotatable bonds is 46. The van der Waals surface area contributed by atoms with E-state index < -0.39 is 4.87 Å².